The minimum Gasteiger partial charge on any atom is -0.370 e. The molecule has 2 N–H and O–H groups in total. The van der Waals surface area contributed by atoms with Crippen LogP contribution in [0.5, 0.6) is 0 Å². The molecule has 2 heterocycles. The average Bonchev–Trinajstić information content (AvgIpc) is 2.01. The third kappa shape index (κ3) is 2.18. The SMILES string of the molecule is Cc1cccc(NCC2CNC2)n1. The Kier molecular flexibility index (Phi) is 2.45. The van der Waals surface area contributed by atoms with E-state index in [1.165, 1.54) is 0 Å². The van der Waals surface area contributed by atoms with Gasteiger partial charge in [0.05, 0.1) is 0 Å². The first-order valence-corrected chi connectivity index (χ1v) is 4.73. The van der Waals surface area contributed by atoms with E-state index in [-0.39, 0.29) is 0 Å². The van der Waals surface area contributed by atoms with Crippen molar-refractivity contribution in [1.82, 2.24) is 10.3 Å². The number of pyridine rings is 1. The molecule has 70 valence electrons. The summed E-state index contributed by atoms with van der Waals surface area (Å²) in [5.41, 5.74) is 1.07. The van der Waals surface area contributed by atoms with Crippen LogP contribution in [-0.4, -0.2) is 24.6 Å². The lowest BCUT2D eigenvalue weighted by molar-refractivity contribution is 0.365. The zero-order valence-corrected chi connectivity index (χ0v) is 7.88. The molecule has 1 aliphatic rings. The molecule has 1 saturated heterocycles. The molecule has 2 rings (SSSR count). The van der Waals surface area contributed by atoms with Crippen LogP contribution >= 0.6 is 0 Å². The second-order valence-electron chi connectivity index (χ2n) is 3.57. The summed E-state index contributed by atoms with van der Waals surface area (Å²) in [4.78, 5) is 4.37. The molecular formula is C10H15N3. The first-order chi connectivity index (χ1) is 6.34. The minimum atomic E-state index is 0.780. The largest absolute Gasteiger partial charge is 0.370 e. The highest BCUT2D eigenvalue weighted by molar-refractivity contribution is 5.35. The van der Waals surface area contributed by atoms with Gasteiger partial charge < -0.3 is 10.6 Å². The van der Waals surface area contributed by atoms with Crippen molar-refractivity contribution in [2.24, 2.45) is 5.92 Å². The predicted octanol–water partition coefficient (Wildman–Crippen LogP) is 1.02. The van der Waals surface area contributed by atoms with E-state index in [1.807, 2.05) is 25.1 Å². The summed E-state index contributed by atoms with van der Waals surface area (Å²) in [6.45, 7) is 5.32. The second-order valence-corrected chi connectivity index (χ2v) is 3.57. The Bertz CT molecular complexity index is 281. The molecule has 1 fully saturated rings. The van der Waals surface area contributed by atoms with Crippen molar-refractivity contribution in [2.45, 2.75) is 6.92 Å². The van der Waals surface area contributed by atoms with Gasteiger partial charge in [-0.25, -0.2) is 4.98 Å². The monoisotopic (exact) mass is 177 g/mol. The normalized spacial score (nSPS) is 16.7. The van der Waals surface area contributed by atoms with Crippen LogP contribution in [0.15, 0.2) is 18.2 Å². The molecule has 0 spiro atoms. The third-order valence-corrected chi connectivity index (χ3v) is 2.33. The Hall–Kier alpha value is -1.09. The molecule has 0 bridgehead atoms. The zero-order valence-electron chi connectivity index (χ0n) is 7.88. The fourth-order valence-electron chi connectivity index (χ4n) is 1.38. The number of aromatic nitrogens is 1. The summed E-state index contributed by atoms with van der Waals surface area (Å²) in [5, 5.41) is 6.58. The topological polar surface area (TPSA) is 37.0 Å². The van der Waals surface area contributed by atoms with Gasteiger partial charge in [-0.15, -0.1) is 0 Å². The number of nitrogens with one attached hydrogen (secondary N) is 2. The molecule has 3 heteroatoms. The van der Waals surface area contributed by atoms with Gasteiger partial charge in [-0.3, -0.25) is 0 Å². The molecular weight excluding hydrogens is 162 g/mol. The number of nitrogens with zero attached hydrogens (tertiary/aromatic N) is 1. The third-order valence-electron chi connectivity index (χ3n) is 2.33. The molecule has 0 amide bonds. The Balaban J connectivity index is 1.86. The molecule has 3 nitrogen and oxygen atoms in total. The molecule has 0 aromatic carbocycles. The molecule has 0 aliphatic carbocycles. The van der Waals surface area contributed by atoms with Crippen molar-refractivity contribution in [3.05, 3.63) is 23.9 Å². The quantitative estimate of drug-likeness (QED) is 0.724. The number of rotatable bonds is 3. The summed E-state index contributed by atoms with van der Waals surface area (Å²) in [7, 11) is 0. The number of anilines is 1. The van der Waals surface area contributed by atoms with Gasteiger partial charge in [0.1, 0.15) is 5.82 Å². The maximum Gasteiger partial charge on any atom is 0.126 e. The van der Waals surface area contributed by atoms with Gasteiger partial charge in [-0.05, 0) is 19.1 Å². The van der Waals surface area contributed by atoms with Crippen molar-refractivity contribution in [2.75, 3.05) is 25.0 Å². The summed E-state index contributed by atoms with van der Waals surface area (Å²) in [6.07, 6.45) is 0. The Labute approximate surface area is 78.6 Å². The van der Waals surface area contributed by atoms with Crippen molar-refractivity contribution >= 4 is 5.82 Å². The van der Waals surface area contributed by atoms with E-state index in [0.717, 1.165) is 37.1 Å². The lowest BCUT2D eigenvalue weighted by Crippen LogP contribution is -2.45. The summed E-state index contributed by atoms with van der Waals surface area (Å²) in [6, 6.07) is 6.05. The Morgan fingerprint density at radius 1 is 1.54 bits per heavy atom. The van der Waals surface area contributed by atoms with Crippen molar-refractivity contribution in [3.63, 3.8) is 0 Å². The van der Waals surface area contributed by atoms with E-state index < -0.39 is 0 Å². The molecule has 13 heavy (non-hydrogen) atoms. The molecule has 0 radical (unpaired) electrons. The number of hydrogen-bond donors (Lipinski definition) is 2. The van der Waals surface area contributed by atoms with Gasteiger partial charge in [0.15, 0.2) is 0 Å². The van der Waals surface area contributed by atoms with Gasteiger partial charge in [0.25, 0.3) is 0 Å². The summed E-state index contributed by atoms with van der Waals surface area (Å²) < 4.78 is 0. The molecule has 0 saturated carbocycles. The van der Waals surface area contributed by atoms with Gasteiger partial charge in [-0.1, -0.05) is 6.07 Å². The summed E-state index contributed by atoms with van der Waals surface area (Å²) >= 11 is 0. The number of hydrogen-bond acceptors (Lipinski definition) is 3. The van der Waals surface area contributed by atoms with Gasteiger partial charge >= 0.3 is 0 Å². The highest BCUT2D eigenvalue weighted by Crippen LogP contribution is 2.07. The van der Waals surface area contributed by atoms with Gasteiger partial charge in [-0.2, -0.15) is 0 Å². The first kappa shape index (κ1) is 8.51. The van der Waals surface area contributed by atoms with E-state index in [2.05, 4.69) is 15.6 Å². The van der Waals surface area contributed by atoms with Crippen LogP contribution in [-0.2, 0) is 0 Å². The Morgan fingerprint density at radius 2 is 2.38 bits per heavy atom. The maximum atomic E-state index is 4.37. The zero-order chi connectivity index (χ0) is 9.10. The highest BCUT2D eigenvalue weighted by Gasteiger charge is 2.15. The van der Waals surface area contributed by atoms with Gasteiger partial charge in [0, 0.05) is 31.2 Å². The van der Waals surface area contributed by atoms with Crippen LogP contribution in [0.25, 0.3) is 0 Å². The number of aryl methyl sites for hydroxylation is 1. The molecule has 1 aromatic rings. The lowest BCUT2D eigenvalue weighted by atomic mass is 10.0. The maximum absolute atomic E-state index is 4.37. The smallest absolute Gasteiger partial charge is 0.126 e. The van der Waals surface area contributed by atoms with E-state index in [1.54, 1.807) is 0 Å². The van der Waals surface area contributed by atoms with Crippen molar-refractivity contribution in [3.8, 4) is 0 Å². The van der Waals surface area contributed by atoms with Crippen molar-refractivity contribution in [1.29, 1.82) is 0 Å². The molecule has 0 atom stereocenters. The minimum absolute atomic E-state index is 0.780. The molecule has 1 aliphatic heterocycles. The molecule has 1 aromatic heterocycles. The lowest BCUT2D eigenvalue weighted by Gasteiger charge is -2.27. The molecule has 0 unspecified atom stereocenters. The van der Waals surface area contributed by atoms with Crippen LogP contribution in [0, 0.1) is 12.8 Å². The van der Waals surface area contributed by atoms with E-state index in [0.29, 0.717) is 0 Å². The van der Waals surface area contributed by atoms with E-state index >= 15 is 0 Å². The van der Waals surface area contributed by atoms with E-state index in [9.17, 15) is 0 Å². The average molecular weight is 177 g/mol. The van der Waals surface area contributed by atoms with E-state index in [4.69, 9.17) is 0 Å². The van der Waals surface area contributed by atoms with Crippen LogP contribution in [0.1, 0.15) is 5.69 Å². The predicted molar refractivity (Wildman–Crippen MR) is 53.8 cm³/mol. The standard InChI is InChI=1S/C10H15N3/c1-8-3-2-4-10(13-8)12-7-9-5-11-6-9/h2-4,9,11H,5-7H2,1H3,(H,12,13). The van der Waals surface area contributed by atoms with Crippen LogP contribution < -0.4 is 10.6 Å². The summed E-state index contributed by atoms with van der Waals surface area (Å²) in [5.74, 6) is 1.77. The van der Waals surface area contributed by atoms with Crippen LogP contribution in [0.3, 0.4) is 0 Å². The van der Waals surface area contributed by atoms with Gasteiger partial charge in [0.2, 0.25) is 0 Å². The van der Waals surface area contributed by atoms with Crippen LogP contribution in [0.2, 0.25) is 0 Å². The Morgan fingerprint density at radius 3 is 3.00 bits per heavy atom. The highest BCUT2D eigenvalue weighted by atomic mass is 15.0. The second kappa shape index (κ2) is 3.75. The first-order valence-electron chi connectivity index (χ1n) is 4.73. The van der Waals surface area contributed by atoms with Crippen LogP contribution in [0.4, 0.5) is 5.82 Å². The fourth-order valence-corrected chi connectivity index (χ4v) is 1.38. The fraction of sp³-hybridized carbons (Fsp3) is 0.500. The van der Waals surface area contributed by atoms with Crippen molar-refractivity contribution < 1.29 is 0 Å².